The number of carbonyl (C=O) groups excluding carboxylic acids is 2. The lowest BCUT2D eigenvalue weighted by Gasteiger charge is -2.23. The maximum atomic E-state index is 12.0. The molecule has 0 aromatic carbocycles. The minimum atomic E-state index is -0.519. The average molecular weight is 348 g/mol. The number of alkyl carbamates (subject to hydrolysis) is 1. The molecule has 3 rings (SSSR count). The third-order valence-corrected chi connectivity index (χ3v) is 4.66. The van der Waals surface area contributed by atoms with Crippen LogP contribution in [0.15, 0.2) is 6.07 Å². The largest absolute Gasteiger partial charge is 0.475 e. The van der Waals surface area contributed by atoms with E-state index in [9.17, 15) is 9.59 Å². The Morgan fingerprint density at radius 3 is 2.76 bits per heavy atom. The van der Waals surface area contributed by atoms with Crippen molar-refractivity contribution in [2.45, 2.75) is 64.5 Å². The van der Waals surface area contributed by atoms with E-state index in [0.717, 1.165) is 48.8 Å². The Morgan fingerprint density at radius 1 is 1.44 bits per heavy atom. The minimum absolute atomic E-state index is 0. The van der Waals surface area contributed by atoms with E-state index in [2.05, 4.69) is 10.3 Å². The lowest BCUT2D eigenvalue weighted by Crippen LogP contribution is -2.44. The number of hydrogen-bond donors (Lipinski definition) is 1. The zero-order valence-corrected chi connectivity index (χ0v) is 15.3. The van der Waals surface area contributed by atoms with Crippen molar-refractivity contribution < 1.29 is 20.5 Å². The van der Waals surface area contributed by atoms with Gasteiger partial charge in [0.1, 0.15) is 18.5 Å². The van der Waals surface area contributed by atoms with Crippen LogP contribution < -0.4 is 10.1 Å². The molecule has 6 heteroatoms. The Balaban J connectivity index is 0.00000243. The molecule has 1 aromatic heterocycles. The Hall–Kier alpha value is -2.11. The summed E-state index contributed by atoms with van der Waals surface area (Å²) in [5.74, 6) is 0.606. The fourth-order valence-corrected chi connectivity index (χ4v) is 3.17. The van der Waals surface area contributed by atoms with Crippen LogP contribution in [0.4, 0.5) is 4.79 Å². The highest BCUT2D eigenvalue weighted by Gasteiger charge is 2.46. The van der Waals surface area contributed by atoms with Crippen LogP contribution in [0.3, 0.4) is 0 Å². The monoisotopic (exact) mass is 348 g/mol. The SMILES string of the molecule is Cc1nc(OCC2(NC(=O)OC(C)(C)C)CC2)cc2c1CC(C=O)C2.[HH]. The van der Waals surface area contributed by atoms with Crippen molar-refractivity contribution in [3.63, 3.8) is 0 Å². The number of fused-ring (bicyclic) bond motifs is 1. The number of aromatic nitrogens is 1. The van der Waals surface area contributed by atoms with Gasteiger partial charge < -0.3 is 19.6 Å². The predicted molar refractivity (Wildman–Crippen MR) is 94.9 cm³/mol. The summed E-state index contributed by atoms with van der Waals surface area (Å²) in [5, 5.41) is 2.92. The number of nitrogens with one attached hydrogen (secondary N) is 1. The molecule has 1 unspecified atom stereocenters. The highest BCUT2D eigenvalue weighted by Crippen LogP contribution is 2.37. The molecule has 0 radical (unpaired) electrons. The number of carbonyl (C=O) groups is 2. The number of hydrogen-bond acceptors (Lipinski definition) is 5. The molecule has 0 aliphatic heterocycles. The van der Waals surface area contributed by atoms with Gasteiger partial charge in [-0.1, -0.05) is 0 Å². The fourth-order valence-electron chi connectivity index (χ4n) is 3.17. The summed E-state index contributed by atoms with van der Waals surface area (Å²) in [7, 11) is 0. The molecule has 1 saturated carbocycles. The number of nitrogens with zero attached hydrogens (tertiary/aromatic N) is 1. The molecule has 138 valence electrons. The Kier molecular flexibility index (Phi) is 4.47. The predicted octanol–water partition coefficient (Wildman–Crippen LogP) is 2.99. The molecule has 1 amide bonds. The summed E-state index contributed by atoms with van der Waals surface area (Å²) >= 11 is 0. The van der Waals surface area contributed by atoms with Crippen LogP contribution in [0.5, 0.6) is 5.88 Å². The van der Waals surface area contributed by atoms with Crippen molar-refractivity contribution in [3.8, 4) is 5.88 Å². The van der Waals surface area contributed by atoms with Crippen LogP contribution in [-0.2, 0) is 22.4 Å². The van der Waals surface area contributed by atoms with Gasteiger partial charge in [0.2, 0.25) is 5.88 Å². The molecule has 1 aromatic rings. The number of pyridine rings is 1. The Labute approximate surface area is 149 Å². The van der Waals surface area contributed by atoms with Gasteiger partial charge in [0.25, 0.3) is 0 Å². The van der Waals surface area contributed by atoms with Crippen molar-refractivity contribution in [1.29, 1.82) is 0 Å². The van der Waals surface area contributed by atoms with Gasteiger partial charge in [-0.05, 0) is 64.5 Å². The van der Waals surface area contributed by atoms with E-state index in [-0.39, 0.29) is 12.9 Å². The topological polar surface area (TPSA) is 77.5 Å². The Morgan fingerprint density at radius 2 is 2.16 bits per heavy atom. The number of aryl methyl sites for hydroxylation is 1. The maximum absolute atomic E-state index is 12.0. The van der Waals surface area contributed by atoms with Crippen LogP contribution in [0.25, 0.3) is 0 Å². The molecule has 1 fully saturated rings. The average Bonchev–Trinajstić information content (AvgIpc) is 3.11. The lowest BCUT2D eigenvalue weighted by atomic mass is 10.1. The standard InChI is InChI=1S/C19H26N2O4.H2/c1-12-15-8-13(10-22)7-14(15)9-16(20-12)24-11-19(5-6-19)21-17(23)25-18(2,3)4;/h9-10,13H,5-8,11H2,1-4H3,(H,21,23);1H. The highest BCUT2D eigenvalue weighted by molar-refractivity contribution is 5.69. The molecule has 1 heterocycles. The van der Waals surface area contributed by atoms with Gasteiger partial charge in [-0.3, -0.25) is 0 Å². The van der Waals surface area contributed by atoms with Crippen molar-refractivity contribution >= 4 is 12.4 Å². The van der Waals surface area contributed by atoms with E-state index in [1.54, 1.807) is 0 Å². The van der Waals surface area contributed by atoms with E-state index in [0.29, 0.717) is 12.5 Å². The molecule has 0 bridgehead atoms. The second-order valence-electron chi connectivity index (χ2n) is 8.18. The van der Waals surface area contributed by atoms with Gasteiger partial charge in [0, 0.05) is 19.1 Å². The summed E-state index contributed by atoms with van der Waals surface area (Å²) in [6, 6.07) is 1.93. The first kappa shape index (κ1) is 17.7. The van der Waals surface area contributed by atoms with Gasteiger partial charge in [0.15, 0.2) is 0 Å². The van der Waals surface area contributed by atoms with E-state index < -0.39 is 11.7 Å². The second-order valence-corrected chi connectivity index (χ2v) is 8.18. The van der Waals surface area contributed by atoms with Crippen LogP contribution in [0, 0.1) is 12.8 Å². The van der Waals surface area contributed by atoms with Crippen molar-refractivity contribution in [2.24, 2.45) is 5.92 Å². The molecule has 6 nitrogen and oxygen atoms in total. The molecule has 1 atom stereocenters. The molecule has 25 heavy (non-hydrogen) atoms. The van der Waals surface area contributed by atoms with Gasteiger partial charge in [-0.25, -0.2) is 9.78 Å². The molecule has 1 N–H and O–H groups in total. The summed E-state index contributed by atoms with van der Waals surface area (Å²) < 4.78 is 11.2. The zero-order valence-electron chi connectivity index (χ0n) is 15.3. The van der Waals surface area contributed by atoms with Crippen LogP contribution in [0.2, 0.25) is 0 Å². The van der Waals surface area contributed by atoms with E-state index in [1.807, 2.05) is 33.8 Å². The number of aldehydes is 1. The fraction of sp³-hybridized carbons (Fsp3) is 0.632. The van der Waals surface area contributed by atoms with Crippen LogP contribution in [0.1, 0.15) is 51.9 Å². The first-order chi connectivity index (χ1) is 11.7. The van der Waals surface area contributed by atoms with Crippen molar-refractivity contribution in [3.05, 3.63) is 22.9 Å². The third kappa shape index (κ3) is 4.30. The minimum Gasteiger partial charge on any atom is -0.475 e. The highest BCUT2D eigenvalue weighted by atomic mass is 16.6. The first-order valence-corrected chi connectivity index (χ1v) is 8.78. The van der Waals surface area contributed by atoms with Crippen molar-refractivity contribution in [2.75, 3.05) is 6.61 Å². The van der Waals surface area contributed by atoms with E-state index in [4.69, 9.17) is 9.47 Å². The summed E-state index contributed by atoms with van der Waals surface area (Å²) in [4.78, 5) is 27.5. The van der Waals surface area contributed by atoms with Gasteiger partial charge in [-0.15, -0.1) is 0 Å². The zero-order chi connectivity index (χ0) is 18.2. The molecule has 0 saturated heterocycles. The van der Waals surface area contributed by atoms with E-state index >= 15 is 0 Å². The summed E-state index contributed by atoms with van der Waals surface area (Å²) in [5.41, 5.74) is 2.35. The van der Waals surface area contributed by atoms with Crippen LogP contribution in [-0.4, -0.2) is 35.1 Å². The normalized spacial score (nSPS) is 20.6. The molecular formula is C19H28N2O4. The quantitative estimate of drug-likeness (QED) is 0.828. The van der Waals surface area contributed by atoms with Gasteiger partial charge in [-0.2, -0.15) is 0 Å². The Bertz CT molecular complexity index is 696. The number of amides is 1. The number of ether oxygens (including phenoxy) is 2. The second kappa shape index (κ2) is 6.32. The smallest absolute Gasteiger partial charge is 0.408 e. The van der Waals surface area contributed by atoms with Crippen molar-refractivity contribution in [1.82, 2.24) is 10.3 Å². The lowest BCUT2D eigenvalue weighted by molar-refractivity contribution is -0.110. The number of rotatable bonds is 5. The molecule has 0 spiro atoms. The molecular weight excluding hydrogens is 320 g/mol. The molecule has 2 aliphatic rings. The van der Waals surface area contributed by atoms with Gasteiger partial charge >= 0.3 is 6.09 Å². The maximum Gasteiger partial charge on any atom is 0.408 e. The molecule has 2 aliphatic carbocycles. The van der Waals surface area contributed by atoms with Gasteiger partial charge in [0.05, 0.1) is 5.54 Å². The summed E-state index contributed by atoms with van der Waals surface area (Å²) in [6.07, 6.45) is 3.85. The first-order valence-electron chi connectivity index (χ1n) is 8.78. The summed E-state index contributed by atoms with van der Waals surface area (Å²) in [6.45, 7) is 7.84. The third-order valence-electron chi connectivity index (χ3n) is 4.66. The van der Waals surface area contributed by atoms with E-state index in [1.165, 1.54) is 0 Å². The van der Waals surface area contributed by atoms with Crippen LogP contribution >= 0.6 is 0 Å².